The molecule has 0 aliphatic carbocycles. The second-order valence-electron chi connectivity index (χ2n) is 5.04. The van der Waals surface area contributed by atoms with Crippen LogP contribution in [0, 0.1) is 0 Å². The van der Waals surface area contributed by atoms with E-state index in [1.165, 1.54) is 32.4 Å². The summed E-state index contributed by atoms with van der Waals surface area (Å²) in [6.45, 7) is 7.99. The average molecular weight is 354 g/mol. The number of piperidine rings is 1. The zero-order valence-corrected chi connectivity index (χ0v) is 13.9. The summed E-state index contributed by atoms with van der Waals surface area (Å²) >= 11 is 0. The highest BCUT2D eigenvalue weighted by molar-refractivity contribution is 14.0. The Hall–Kier alpha value is -0.0400. The lowest BCUT2D eigenvalue weighted by Gasteiger charge is -2.41. The van der Waals surface area contributed by atoms with E-state index in [1.54, 1.807) is 7.05 Å². The molecule has 0 unspecified atom stereocenters. The fraction of sp³-hybridized carbons (Fsp3) is 0.917. The molecule has 0 spiro atoms. The molecule has 102 valence electrons. The number of nitrogens with zero attached hydrogens (tertiary/aromatic N) is 2. The van der Waals surface area contributed by atoms with Gasteiger partial charge in [-0.1, -0.05) is 6.42 Å². The molecule has 0 bridgehead atoms. The summed E-state index contributed by atoms with van der Waals surface area (Å²) in [5.41, 5.74) is 0.202. The van der Waals surface area contributed by atoms with Crippen LogP contribution in [0.15, 0.2) is 4.99 Å². The Morgan fingerprint density at radius 1 is 1.24 bits per heavy atom. The summed E-state index contributed by atoms with van der Waals surface area (Å²) in [6, 6.07) is 0. The predicted molar refractivity (Wildman–Crippen MR) is 85.3 cm³/mol. The number of halogens is 1. The van der Waals surface area contributed by atoms with Crippen molar-refractivity contribution < 1.29 is 0 Å². The number of rotatable bonds is 3. The monoisotopic (exact) mass is 354 g/mol. The van der Waals surface area contributed by atoms with E-state index in [4.69, 9.17) is 0 Å². The molecule has 0 aromatic rings. The Balaban J connectivity index is 0.00000256. The summed E-state index contributed by atoms with van der Waals surface area (Å²) in [5.74, 6) is 0.866. The number of hydrogen-bond acceptors (Lipinski definition) is 2. The molecular formula is C12H27IN4. The molecule has 2 N–H and O–H groups in total. The SMILES string of the molecule is CN=C(NC)NCC(C)(C)N1CCCCC1.I. The lowest BCUT2D eigenvalue weighted by molar-refractivity contribution is 0.0982. The topological polar surface area (TPSA) is 39.7 Å². The minimum atomic E-state index is 0. The van der Waals surface area contributed by atoms with E-state index < -0.39 is 0 Å². The standard InChI is InChI=1S/C12H26N4.HI/c1-12(2,10-15-11(13-3)14-4)16-8-6-5-7-9-16;/h5-10H2,1-4H3,(H2,13,14,15);1H. The zero-order chi connectivity index (χ0) is 12.0. The molecule has 1 heterocycles. The van der Waals surface area contributed by atoms with Gasteiger partial charge in [0.25, 0.3) is 0 Å². The van der Waals surface area contributed by atoms with Crippen molar-refractivity contribution in [1.29, 1.82) is 0 Å². The molecule has 1 fully saturated rings. The Morgan fingerprint density at radius 3 is 2.29 bits per heavy atom. The van der Waals surface area contributed by atoms with E-state index in [1.807, 2.05) is 7.05 Å². The van der Waals surface area contributed by atoms with Gasteiger partial charge in [0.05, 0.1) is 0 Å². The largest absolute Gasteiger partial charge is 0.359 e. The van der Waals surface area contributed by atoms with Gasteiger partial charge in [0.1, 0.15) is 0 Å². The van der Waals surface area contributed by atoms with Crippen LogP contribution in [0.4, 0.5) is 0 Å². The first kappa shape index (κ1) is 17.0. The molecule has 4 nitrogen and oxygen atoms in total. The van der Waals surface area contributed by atoms with Crippen LogP contribution in [0.5, 0.6) is 0 Å². The van der Waals surface area contributed by atoms with Gasteiger partial charge in [-0.2, -0.15) is 0 Å². The molecule has 17 heavy (non-hydrogen) atoms. The maximum Gasteiger partial charge on any atom is 0.190 e. The van der Waals surface area contributed by atoms with E-state index >= 15 is 0 Å². The Labute approximate surface area is 123 Å². The van der Waals surface area contributed by atoms with E-state index in [0.717, 1.165) is 12.5 Å². The van der Waals surface area contributed by atoms with E-state index in [2.05, 4.69) is 34.4 Å². The van der Waals surface area contributed by atoms with Crippen molar-refractivity contribution in [3.05, 3.63) is 0 Å². The molecule has 0 saturated carbocycles. The second kappa shape index (κ2) is 8.13. The number of aliphatic imine (C=N–C) groups is 1. The first-order chi connectivity index (χ1) is 7.60. The molecule has 0 aromatic heterocycles. The Morgan fingerprint density at radius 2 is 1.82 bits per heavy atom. The lowest BCUT2D eigenvalue weighted by atomic mass is 9.98. The Bertz CT molecular complexity index is 235. The summed E-state index contributed by atoms with van der Waals surface area (Å²) in [5, 5.41) is 6.40. The molecule has 0 atom stereocenters. The highest BCUT2D eigenvalue weighted by Crippen LogP contribution is 2.19. The number of likely N-dealkylation sites (tertiary alicyclic amines) is 1. The molecule has 1 aliphatic heterocycles. The van der Waals surface area contributed by atoms with E-state index in [-0.39, 0.29) is 29.5 Å². The van der Waals surface area contributed by atoms with Crippen LogP contribution in [0.3, 0.4) is 0 Å². The third kappa shape index (κ3) is 5.42. The van der Waals surface area contributed by atoms with Crippen molar-refractivity contribution in [2.75, 3.05) is 33.7 Å². The van der Waals surface area contributed by atoms with Gasteiger partial charge < -0.3 is 10.6 Å². The highest BCUT2D eigenvalue weighted by atomic mass is 127. The van der Waals surface area contributed by atoms with Crippen molar-refractivity contribution >= 4 is 29.9 Å². The highest BCUT2D eigenvalue weighted by Gasteiger charge is 2.27. The van der Waals surface area contributed by atoms with Gasteiger partial charge in [0.15, 0.2) is 5.96 Å². The Kier molecular flexibility index (Phi) is 8.11. The molecular weight excluding hydrogens is 327 g/mol. The number of hydrogen-bond donors (Lipinski definition) is 2. The van der Waals surface area contributed by atoms with Crippen LogP contribution in [0.25, 0.3) is 0 Å². The molecule has 1 saturated heterocycles. The van der Waals surface area contributed by atoms with Crippen molar-refractivity contribution in [3.8, 4) is 0 Å². The maximum atomic E-state index is 4.13. The van der Waals surface area contributed by atoms with Crippen LogP contribution in [-0.2, 0) is 0 Å². The quantitative estimate of drug-likeness (QED) is 0.460. The normalized spacial score (nSPS) is 18.5. The van der Waals surface area contributed by atoms with Gasteiger partial charge in [-0.15, -0.1) is 24.0 Å². The molecule has 0 aromatic carbocycles. The van der Waals surface area contributed by atoms with Crippen molar-refractivity contribution in [3.63, 3.8) is 0 Å². The summed E-state index contributed by atoms with van der Waals surface area (Å²) in [7, 11) is 3.69. The van der Waals surface area contributed by atoms with Crippen LogP contribution >= 0.6 is 24.0 Å². The minimum Gasteiger partial charge on any atom is -0.359 e. The average Bonchev–Trinajstić information content (AvgIpc) is 2.31. The maximum absolute atomic E-state index is 4.13. The van der Waals surface area contributed by atoms with Gasteiger partial charge in [-0.05, 0) is 39.8 Å². The zero-order valence-electron chi connectivity index (χ0n) is 11.5. The molecule has 1 rings (SSSR count). The van der Waals surface area contributed by atoms with Gasteiger partial charge >= 0.3 is 0 Å². The minimum absolute atomic E-state index is 0. The van der Waals surface area contributed by atoms with Crippen molar-refractivity contribution in [1.82, 2.24) is 15.5 Å². The lowest BCUT2D eigenvalue weighted by Crippen LogP contribution is -2.54. The number of guanidine groups is 1. The second-order valence-corrected chi connectivity index (χ2v) is 5.04. The first-order valence-electron chi connectivity index (χ1n) is 6.23. The summed E-state index contributed by atoms with van der Waals surface area (Å²) < 4.78 is 0. The van der Waals surface area contributed by atoms with Crippen LogP contribution in [0.1, 0.15) is 33.1 Å². The third-order valence-electron chi connectivity index (χ3n) is 3.36. The van der Waals surface area contributed by atoms with Crippen molar-refractivity contribution in [2.24, 2.45) is 4.99 Å². The van der Waals surface area contributed by atoms with E-state index in [0.29, 0.717) is 0 Å². The van der Waals surface area contributed by atoms with Gasteiger partial charge in [0, 0.05) is 26.2 Å². The molecule has 0 radical (unpaired) electrons. The van der Waals surface area contributed by atoms with Crippen LogP contribution < -0.4 is 10.6 Å². The van der Waals surface area contributed by atoms with E-state index in [9.17, 15) is 0 Å². The predicted octanol–water partition coefficient (Wildman–Crippen LogP) is 1.66. The summed E-state index contributed by atoms with van der Waals surface area (Å²) in [4.78, 5) is 6.71. The van der Waals surface area contributed by atoms with Gasteiger partial charge in [-0.3, -0.25) is 9.89 Å². The van der Waals surface area contributed by atoms with Crippen LogP contribution in [-0.4, -0.2) is 50.1 Å². The van der Waals surface area contributed by atoms with Gasteiger partial charge in [0.2, 0.25) is 0 Å². The smallest absolute Gasteiger partial charge is 0.190 e. The number of nitrogens with one attached hydrogen (secondary N) is 2. The third-order valence-corrected chi connectivity index (χ3v) is 3.36. The van der Waals surface area contributed by atoms with Gasteiger partial charge in [-0.25, -0.2) is 0 Å². The first-order valence-corrected chi connectivity index (χ1v) is 6.23. The fourth-order valence-corrected chi connectivity index (χ4v) is 2.19. The van der Waals surface area contributed by atoms with Crippen LogP contribution in [0.2, 0.25) is 0 Å². The van der Waals surface area contributed by atoms with Crippen molar-refractivity contribution in [2.45, 2.75) is 38.6 Å². The fourth-order valence-electron chi connectivity index (χ4n) is 2.19. The molecule has 5 heteroatoms. The summed E-state index contributed by atoms with van der Waals surface area (Å²) in [6.07, 6.45) is 4.06. The molecule has 0 amide bonds. The molecule has 1 aliphatic rings.